The Morgan fingerprint density at radius 3 is 2.34 bits per heavy atom. The maximum absolute atomic E-state index is 13.4. The van der Waals surface area contributed by atoms with Crippen molar-refractivity contribution < 1.29 is 9.13 Å². The third kappa shape index (κ3) is 6.13. The first-order chi connectivity index (χ1) is 16.7. The van der Waals surface area contributed by atoms with Crippen LogP contribution in [0.1, 0.15) is 24.0 Å². The Labute approximate surface area is 212 Å². The summed E-state index contributed by atoms with van der Waals surface area (Å²) in [5.74, 6) is 1.58. The normalized spacial score (nSPS) is 14.6. The van der Waals surface area contributed by atoms with E-state index >= 15 is 0 Å². The summed E-state index contributed by atoms with van der Waals surface area (Å²) < 4.78 is 20.8. The predicted octanol–water partition coefficient (Wildman–Crippen LogP) is 5.77. The van der Waals surface area contributed by atoms with Crippen molar-refractivity contribution in [2.75, 3.05) is 32.1 Å². The Hall–Kier alpha value is -3.09. The molecular formula is C28H32ClFN4O. The second-order valence-electron chi connectivity index (χ2n) is 9.00. The lowest BCUT2D eigenvalue weighted by atomic mass is 10.0. The molecule has 4 aromatic rings. The molecule has 2 heterocycles. The summed E-state index contributed by atoms with van der Waals surface area (Å²) in [7, 11) is 1.70. The van der Waals surface area contributed by atoms with E-state index in [1.807, 2.05) is 42.5 Å². The van der Waals surface area contributed by atoms with Crippen LogP contribution in [0.2, 0.25) is 0 Å². The molecule has 35 heavy (non-hydrogen) atoms. The number of methoxy groups -OCH3 is 1. The maximum atomic E-state index is 13.4. The second-order valence-corrected chi connectivity index (χ2v) is 9.00. The van der Waals surface area contributed by atoms with Crippen LogP contribution in [0.25, 0.3) is 11.0 Å². The topological polar surface area (TPSA) is 42.3 Å². The molecule has 1 N–H and O–H groups in total. The van der Waals surface area contributed by atoms with Gasteiger partial charge in [-0.15, -0.1) is 12.4 Å². The Morgan fingerprint density at radius 1 is 0.943 bits per heavy atom. The highest BCUT2D eigenvalue weighted by Crippen LogP contribution is 2.24. The van der Waals surface area contributed by atoms with Gasteiger partial charge in [-0.05, 0) is 66.8 Å². The number of nitrogens with one attached hydrogen (secondary N) is 1. The summed E-state index contributed by atoms with van der Waals surface area (Å²) in [6.45, 7) is 3.88. The van der Waals surface area contributed by atoms with Crippen molar-refractivity contribution >= 4 is 29.4 Å². The minimum atomic E-state index is -0.212. The van der Waals surface area contributed by atoms with E-state index < -0.39 is 0 Å². The Balaban J connectivity index is 0.00000289. The molecule has 5 rings (SSSR count). The van der Waals surface area contributed by atoms with Crippen molar-refractivity contribution in [3.05, 3.63) is 89.7 Å². The van der Waals surface area contributed by atoms with Gasteiger partial charge in [0.1, 0.15) is 11.6 Å². The number of nitrogens with zero attached hydrogens (tertiary/aromatic N) is 3. The average Bonchev–Trinajstić information content (AvgIpc) is 3.22. The van der Waals surface area contributed by atoms with Crippen molar-refractivity contribution in [1.29, 1.82) is 0 Å². The van der Waals surface area contributed by atoms with Crippen LogP contribution in [0.15, 0.2) is 72.8 Å². The van der Waals surface area contributed by atoms with E-state index in [1.54, 1.807) is 7.11 Å². The van der Waals surface area contributed by atoms with Gasteiger partial charge in [-0.2, -0.15) is 0 Å². The van der Waals surface area contributed by atoms with E-state index in [-0.39, 0.29) is 18.2 Å². The highest BCUT2D eigenvalue weighted by atomic mass is 35.5. The minimum absolute atomic E-state index is 0. The van der Waals surface area contributed by atoms with Gasteiger partial charge in [0.05, 0.1) is 24.7 Å². The highest BCUT2D eigenvalue weighted by molar-refractivity contribution is 5.85. The molecule has 0 aliphatic carbocycles. The molecule has 0 saturated carbocycles. The van der Waals surface area contributed by atoms with Crippen molar-refractivity contribution in [3.63, 3.8) is 0 Å². The smallest absolute Gasteiger partial charge is 0.204 e. The van der Waals surface area contributed by atoms with E-state index in [0.29, 0.717) is 12.6 Å². The SMILES string of the molecule is COc1ccc(CCN2CCC(Nc3nc4ccccc4n3Cc3ccc(F)cc3)CC2)cc1.Cl. The molecule has 7 heteroatoms. The first-order valence-corrected chi connectivity index (χ1v) is 12.0. The Bertz CT molecular complexity index is 1220. The number of fused-ring (bicyclic) bond motifs is 1. The zero-order chi connectivity index (χ0) is 23.3. The summed E-state index contributed by atoms with van der Waals surface area (Å²) >= 11 is 0. The summed E-state index contributed by atoms with van der Waals surface area (Å²) in [6, 6.07) is 23.7. The van der Waals surface area contributed by atoms with E-state index in [1.165, 1.54) is 17.7 Å². The van der Waals surface area contributed by atoms with Gasteiger partial charge >= 0.3 is 0 Å². The van der Waals surface area contributed by atoms with Crippen molar-refractivity contribution in [2.45, 2.75) is 31.8 Å². The van der Waals surface area contributed by atoms with Crippen LogP contribution >= 0.6 is 12.4 Å². The summed E-state index contributed by atoms with van der Waals surface area (Å²) in [4.78, 5) is 7.43. The average molecular weight is 495 g/mol. The molecule has 0 spiro atoms. The molecule has 0 radical (unpaired) electrons. The number of piperidine rings is 1. The molecule has 3 aromatic carbocycles. The zero-order valence-electron chi connectivity index (χ0n) is 20.0. The number of hydrogen-bond donors (Lipinski definition) is 1. The molecule has 184 valence electrons. The molecule has 1 saturated heterocycles. The van der Waals surface area contributed by atoms with Crippen LogP contribution in [-0.4, -0.2) is 47.2 Å². The van der Waals surface area contributed by atoms with E-state index in [0.717, 1.165) is 67.2 Å². The molecule has 0 unspecified atom stereocenters. The fourth-order valence-electron chi connectivity index (χ4n) is 4.68. The Morgan fingerprint density at radius 2 is 1.63 bits per heavy atom. The van der Waals surface area contributed by atoms with E-state index in [9.17, 15) is 4.39 Å². The number of imidazole rings is 1. The standard InChI is InChI=1S/C28H31FN4O.ClH/c1-34-25-12-8-21(9-13-25)14-17-32-18-15-24(16-19-32)30-28-31-26-4-2-3-5-27(26)33(28)20-22-6-10-23(29)11-7-22;/h2-13,24H,14-20H2,1H3,(H,30,31);1H. The number of anilines is 1. The van der Waals surface area contributed by atoms with Gasteiger partial charge in [0, 0.05) is 25.7 Å². The van der Waals surface area contributed by atoms with Gasteiger partial charge in [-0.3, -0.25) is 0 Å². The first-order valence-electron chi connectivity index (χ1n) is 12.0. The molecule has 0 bridgehead atoms. The first kappa shape index (κ1) is 25.0. The number of likely N-dealkylation sites (tertiary alicyclic amines) is 1. The van der Waals surface area contributed by atoms with Gasteiger partial charge in [0.15, 0.2) is 0 Å². The van der Waals surface area contributed by atoms with Crippen molar-refractivity contribution in [2.24, 2.45) is 0 Å². The molecule has 0 amide bonds. The monoisotopic (exact) mass is 494 g/mol. The molecule has 1 aliphatic heterocycles. The largest absolute Gasteiger partial charge is 0.497 e. The number of hydrogen-bond acceptors (Lipinski definition) is 4. The Kier molecular flexibility index (Phi) is 8.26. The number of para-hydroxylation sites is 2. The van der Waals surface area contributed by atoms with Crippen molar-refractivity contribution in [1.82, 2.24) is 14.5 Å². The zero-order valence-corrected chi connectivity index (χ0v) is 20.8. The molecule has 1 aliphatic rings. The van der Waals surface area contributed by atoms with Gasteiger partial charge in [-0.1, -0.05) is 36.4 Å². The van der Waals surface area contributed by atoms with Gasteiger partial charge in [0.2, 0.25) is 5.95 Å². The number of halogens is 2. The minimum Gasteiger partial charge on any atom is -0.497 e. The summed E-state index contributed by atoms with van der Waals surface area (Å²) in [5, 5.41) is 3.71. The second kappa shape index (κ2) is 11.6. The quantitative estimate of drug-likeness (QED) is 0.337. The van der Waals surface area contributed by atoms with Gasteiger partial charge in [0.25, 0.3) is 0 Å². The van der Waals surface area contributed by atoms with Gasteiger partial charge in [-0.25, -0.2) is 9.37 Å². The highest BCUT2D eigenvalue weighted by Gasteiger charge is 2.21. The van der Waals surface area contributed by atoms with Crippen LogP contribution in [-0.2, 0) is 13.0 Å². The van der Waals surface area contributed by atoms with Crippen LogP contribution in [0.5, 0.6) is 5.75 Å². The number of aromatic nitrogens is 2. The maximum Gasteiger partial charge on any atom is 0.204 e. The third-order valence-electron chi connectivity index (χ3n) is 6.71. The van der Waals surface area contributed by atoms with Crippen LogP contribution < -0.4 is 10.1 Å². The molecule has 5 nitrogen and oxygen atoms in total. The number of ether oxygens (including phenoxy) is 1. The van der Waals surface area contributed by atoms with E-state index in [4.69, 9.17) is 9.72 Å². The van der Waals surface area contributed by atoms with Crippen molar-refractivity contribution in [3.8, 4) is 5.75 Å². The van der Waals surface area contributed by atoms with Crippen LogP contribution in [0.4, 0.5) is 10.3 Å². The summed E-state index contributed by atoms with van der Waals surface area (Å²) in [5.41, 5.74) is 4.46. The summed E-state index contributed by atoms with van der Waals surface area (Å²) in [6.07, 6.45) is 3.22. The predicted molar refractivity (Wildman–Crippen MR) is 142 cm³/mol. The lowest BCUT2D eigenvalue weighted by Gasteiger charge is -2.32. The third-order valence-corrected chi connectivity index (χ3v) is 6.71. The van der Waals surface area contributed by atoms with Gasteiger partial charge < -0.3 is 19.5 Å². The number of rotatable bonds is 8. The van der Waals surface area contributed by atoms with E-state index in [2.05, 4.69) is 33.0 Å². The fourth-order valence-corrected chi connectivity index (χ4v) is 4.68. The molecular weight excluding hydrogens is 463 g/mol. The van der Waals surface area contributed by atoms with Crippen LogP contribution in [0.3, 0.4) is 0 Å². The lowest BCUT2D eigenvalue weighted by molar-refractivity contribution is 0.221. The molecule has 1 aromatic heterocycles. The molecule has 0 atom stereocenters. The van der Waals surface area contributed by atoms with Crippen LogP contribution in [0, 0.1) is 5.82 Å². The number of benzene rings is 3. The fraction of sp³-hybridized carbons (Fsp3) is 0.321. The lowest BCUT2D eigenvalue weighted by Crippen LogP contribution is -2.40. The molecule has 1 fully saturated rings.